The molecule has 21 heavy (non-hydrogen) atoms. The van der Waals surface area contributed by atoms with Crippen molar-refractivity contribution in [1.29, 1.82) is 0 Å². The van der Waals surface area contributed by atoms with Gasteiger partial charge >= 0.3 is 0 Å². The van der Waals surface area contributed by atoms with Gasteiger partial charge in [-0.1, -0.05) is 28.1 Å². The third kappa shape index (κ3) is 3.76. The van der Waals surface area contributed by atoms with Crippen LogP contribution in [0.3, 0.4) is 0 Å². The van der Waals surface area contributed by atoms with Crippen LogP contribution in [0.1, 0.15) is 15.9 Å². The van der Waals surface area contributed by atoms with Crippen molar-refractivity contribution < 1.29 is 9.53 Å². The fraction of sp³-hybridized carbons (Fsp3) is 0.188. The first-order valence-electron chi connectivity index (χ1n) is 6.44. The monoisotopic (exact) mass is 348 g/mol. The summed E-state index contributed by atoms with van der Waals surface area (Å²) >= 11 is 3.37. The standard InChI is InChI=1S/C16H17BrN2O2/c1-19(10-11-3-6-13(18)7-4-11)16(20)14-8-5-12(17)9-15(14)21-2/h3-9H,10,18H2,1-2H3. The number of nitrogens with zero attached hydrogens (tertiary/aromatic N) is 1. The van der Waals surface area contributed by atoms with Crippen LogP contribution in [0.25, 0.3) is 0 Å². The number of rotatable bonds is 4. The summed E-state index contributed by atoms with van der Waals surface area (Å²) in [5, 5.41) is 0. The van der Waals surface area contributed by atoms with Gasteiger partial charge in [0.05, 0.1) is 12.7 Å². The molecule has 0 saturated carbocycles. The summed E-state index contributed by atoms with van der Waals surface area (Å²) in [6, 6.07) is 12.8. The van der Waals surface area contributed by atoms with Gasteiger partial charge in [-0.2, -0.15) is 0 Å². The summed E-state index contributed by atoms with van der Waals surface area (Å²) < 4.78 is 6.14. The number of hydrogen-bond acceptors (Lipinski definition) is 3. The number of ether oxygens (including phenoxy) is 1. The summed E-state index contributed by atoms with van der Waals surface area (Å²) in [5.41, 5.74) is 7.93. The third-order valence-corrected chi connectivity index (χ3v) is 3.63. The van der Waals surface area contributed by atoms with E-state index < -0.39 is 0 Å². The van der Waals surface area contributed by atoms with Gasteiger partial charge in [0.15, 0.2) is 0 Å². The van der Waals surface area contributed by atoms with E-state index in [9.17, 15) is 4.79 Å². The number of nitrogen functional groups attached to an aromatic ring is 1. The summed E-state index contributed by atoms with van der Waals surface area (Å²) in [6.07, 6.45) is 0. The fourth-order valence-corrected chi connectivity index (χ4v) is 2.36. The van der Waals surface area contributed by atoms with Crippen molar-refractivity contribution in [3.63, 3.8) is 0 Å². The molecule has 0 bridgehead atoms. The lowest BCUT2D eigenvalue weighted by Crippen LogP contribution is -2.26. The molecule has 0 radical (unpaired) electrons. The first-order chi connectivity index (χ1) is 10.0. The average molecular weight is 349 g/mol. The van der Waals surface area contributed by atoms with Crippen LogP contribution in [-0.4, -0.2) is 25.0 Å². The van der Waals surface area contributed by atoms with Gasteiger partial charge < -0.3 is 15.4 Å². The third-order valence-electron chi connectivity index (χ3n) is 3.14. The van der Waals surface area contributed by atoms with E-state index in [4.69, 9.17) is 10.5 Å². The molecular weight excluding hydrogens is 332 g/mol. The molecule has 2 N–H and O–H groups in total. The van der Waals surface area contributed by atoms with Crippen LogP contribution in [0.15, 0.2) is 46.9 Å². The second kappa shape index (κ2) is 6.63. The lowest BCUT2D eigenvalue weighted by atomic mass is 10.1. The van der Waals surface area contributed by atoms with E-state index in [-0.39, 0.29) is 5.91 Å². The molecule has 0 atom stereocenters. The molecule has 0 fully saturated rings. The van der Waals surface area contributed by atoms with E-state index in [2.05, 4.69) is 15.9 Å². The molecule has 0 saturated heterocycles. The van der Waals surface area contributed by atoms with E-state index in [1.165, 1.54) is 0 Å². The van der Waals surface area contributed by atoms with Crippen LogP contribution in [0.5, 0.6) is 5.75 Å². The quantitative estimate of drug-likeness (QED) is 0.862. The smallest absolute Gasteiger partial charge is 0.257 e. The lowest BCUT2D eigenvalue weighted by molar-refractivity contribution is 0.0781. The number of amides is 1. The SMILES string of the molecule is COc1cc(Br)ccc1C(=O)N(C)Cc1ccc(N)cc1. The zero-order valence-corrected chi connectivity index (χ0v) is 13.6. The van der Waals surface area contributed by atoms with Crippen LogP contribution in [0.4, 0.5) is 5.69 Å². The Morgan fingerprint density at radius 2 is 1.90 bits per heavy atom. The minimum Gasteiger partial charge on any atom is -0.496 e. The van der Waals surface area contributed by atoms with Gasteiger partial charge in [-0.15, -0.1) is 0 Å². The number of anilines is 1. The maximum absolute atomic E-state index is 12.5. The number of carbonyl (C=O) groups excluding carboxylic acids is 1. The fourth-order valence-electron chi connectivity index (χ4n) is 2.02. The molecule has 5 heteroatoms. The second-order valence-electron chi connectivity index (χ2n) is 4.75. The van der Waals surface area contributed by atoms with E-state index in [1.54, 1.807) is 31.2 Å². The van der Waals surface area contributed by atoms with E-state index in [0.717, 1.165) is 10.0 Å². The van der Waals surface area contributed by atoms with Crippen molar-refractivity contribution in [3.05, 3.63) is 58.1 Å². The largest absolute Gasteiger partial charge is 0.496 e. The number of halogens is 1. The van der Waals surface area contributed by atoms with Gasteiger partial charge in [-0.25, -0.2) is 0 Å². The van der Waals surface area contributed by atoms with Crippen molar-refractivity contribution >= 4 is 27.5 Å². The second-order valence-corrected chi connectivity index (χ2v) is 5.66. The highest BCUT2D eigenvalue weighted by Gasteiger charge is 2.17. The molecule has 0 aromatic heterocycles. The van der Waals surface area contributed by atoms with Crippen molar-refractivity contribution in [2.45, 2.75) is 6.54 Å². The van der Waals surface area contributed by atoms with Crippen molar-refractivity contribution in [3.8, 4) is 5.75 Å². The molecule has 0 aliphatic carbocycles. The van der Waals surface area contributed by atoms with E-state index in [0.29, 0.717) is 23.5 Å². The summed E-state index contributed by atoms with van der Waals surface area (Å²) in [4.78, 5) is 14.2. The molecule has 0 aliphatic rings. The molecule has 0 spiro atoms. The molecule has 2 aromatic carbocycles. The topological polar surface area (TPSA) is 55.6 Å². The van der Waals surface area contributed by atoms with Gasteiger partial charge in [0, 0.05) is 23.8 Å². The van der Waals surface area contributed by atoms with E-state index >= 15 is 0 Å². The highest BCUT2D eigenvalue weighted by atomic mass is 79.9. The summed E-state index contributed by atoms with van der Waals surface area (Å²) in [6.45, 7) is 0.512. The van der Waals surface area contributed by atoms with Gasteiger partial charge in [0.25, 0.3) is 5.91 Å². The molecule has 1 amide bonds. The van der Waals surface area contributed by atoms with Crippen LogP contribution < -0.4 is 10.5 Å². The van der Waals surface area contributed by atoms with Gasteiger partial charge in [-0.05, 0) is 35.9 Å². The normalized spacial score (nSPS) is 10.2. The molecule has 2 aromatic rings. The molecular formula is C16H17BrN2O2. The molecule has 0 heterocycles. The van der Waals surface area contributed by atoms with Crippen LogP contribution in [0, 0.1) is 0 Å². The first kappa shape index (κ1) is 15.4. The van der Waals surface area contributed by atoms with Crippen LogP contribution in [-0.2, 0) is 6.54 Å². The first-order valence-corrected chi connectivity index (χ1v) is 7.24. The van der Waals surface area contributed by atoms with Crippen molar-refractivity contribution in [1.82, 2.24) is 4.90 Å². The molecule has 0 aliphatic heterocycles. The lowest BCUT2D eigenvalue weighted by Gasteiger charge is -2.19. The molecule has 0 unspecified atom stereocenters. The number of hydrogen-bond donors (Lipinski definition) is 1. The van der Waals surface area contributed by atoms with Crippen molar-refractivity contribution in [2.75, 3.05) is 19.9 Å². The molecule has 4 nitrogen and oxygen atoms in total. The average Bonchev–Trinajstić information content (AvgIpc) is 2.48. The van der Waals surface area contributed by atoms with Gasteiger partial charge in [0.1, 0.15) is 5.75 Å². The van der Waals surface area contributed by atoms with Crippen LogP contribution in [0.2, 0.25) is 0 Å². The Morgan fingerprint density at radius 3 is 2.52 bits per heavy atom. The highest BCUT2D eigenvalue weighted by Crippen LogP contribution is 2.25. The van der Waals surface area contributed by atoms with Gasteiger partial charge in [-0.3, -0.25) is 4.79 Å². The number of methoxy groups -OCH3 is 1. The Balaban J connectivity index is 2.17. The number of nitrogens with two attached hydrogens (primary N) is 1. The van der Waals surface area contributed by atoms with Crippen LogP contribution >= 0.6 is 15.9 Å². The van der Waals surface area contributed by atoms with Crippen molar-refractivity contribution in [2.24, 2.45) is 0 Å². The predicted molar refractivity (Wildman–Crippen MR) is 87.3 cm³/mol. The Hall–Kier alpha value is -2.01. The summed E-state index contributed by atoms with van der Waals surface area (Å²) in [5.74, 6) is 0.467. The number of carbonyl (C=O) groups is 1. The maximum atomic E-state index is 12.5. The minimum atomic E-state index is -0.0869. The zero-order chi connectivity index (χ0) is 15.4. The number of benzene rings is 2. The predicted octanol–water partition coefficient (Wildman–Crippen LogP) is 3.31. The Kier molecular flexibility index (Phi) is 4.85. The molecule has 110 valence electrons. The zero-order valence-electron chi connectivity index (χ0n) is 12.0. The van der Waals surface area contributed by atoms with Gasteiger partial charge in [0.2, 0.25) is 0 Å². The molecule has 2 rings (SSSR count). The Labute approximate surface area is 132 Å². The Morgan fingerprint density at radius 1 is 1.24 bits per heavy atom. The van der Waals surface area contributed by atoms with E-state index in [1.807, 2.05) is 30.3 Å². The summed E-state index contributed by atoms with van der Waals surface area (Å²) in [7, 11) is 3.32. The Bertz CT molecular complexity index is 641. The highest BCUT2D eigenvalue weighted by molar-refractivity contribution is 9.10. The maximum Gasteiger partial charge on any atom is 0.257 e. The minimum absolute atomic E-state index is 0.0869.